The van der Waals surface area contributed by atoms with Crippen molar-refractivity contribution in [2.75, 3.05) is 0 Å². The first kappa shape index (κ1) is 25.7. The largest absolute Gasteiger partial charge is 0.464 e. The third-order valence-electron chi connectivity index (χ3n) is 6.42. The summed E-state index contributed by atoms with van der Waals surface area (Å²) in [7, 11) is 0. The van der Waals surface area contributed by atoms with E-state index in [4.69, 9.17) is 4.42 Å². The first-order valence-electron chi connectivity index (χ1n) is 12.9. The van der Waals surface area contributed by atoms with Crippen LogP contribution in [0.3, 0.4) is 0 Å². The third-order valence-corrected chi connectivity index (χ3v) is 6.42. The van der Waals surface area contributed by atoms with Gasteiger partial charge in [-0.1, -0.05) is 100 Å². The molecule has 4 nitrogen and oxygen atoms in total. The molecule has 0 aliphatic heterocycles. The molecule has 0 fully saturated rings. The summed E-state index contributed by atoms with van der Waals surface area (Å²) in [5.74, 6) is 0.0931. The molecule has 0 radical (unpaired) electrons. The molecule has 0 aliphatic rings. The van der Waals surface area contributed by atoms with Crippen LogP contribution in [0.25, 0.3) is 11.0 Å². The molecule has 0 saturated heterocycles. The summed E-state index contributed by atoms with van der Waals surface area (Å²) in [5.41, 5.74) is 3.12. The van der Waals surface area contributed by atoms with Crippen LogP contribution in [0, 0.1) is 6.92 Å². The third kappa shape index (κ3) is 7.86. The SMILES string of the molecule is CCCCCCCCCCCC(=O)N(Cc1ccccc1)Cc1coc2ccc(C)cc2c1=O. The number of benzene rings is 2. The highest BCUT2D eigenvalue weighted by molar-refractivity contribution is 5.78. The highest BCUT2D eigenvalue weighted by Gasteiger charge is 2.17. The van der Waals surface area contributed by atoms with E-state index in [1.807, 2.05) is 55.5 Å². The summed E-state index contributed by atoms with van der Waals surface area (Å²) >= 11 is 0. The Hall–Kier alpha value is -2.88. The quantitative estimate of drug-likeness (QED) is 0.233. The number of carbonyl (C=O) groups is 1. The van der Waals surface area contributed by atoms with E-state index in [2.05, 4.69) is 6.92 Å². The van der Waals surface area contributed by atoms with Crippen molar-refractivity contribution in [1.82, 2.24) is 4.90 Å². The van der Waals surface area contributed by atoms with Gasteiger partial charge in [-0.15, -0.1) is 0 Å². The lowest BCUT2D eigenvalue weighted by Crippen LogP contribution is -2.31. The van der Waals surface area contributed by atoms with Crippen molar-refractivity contribution in [2.45, 2.75) is 91.1 Å². The molecule has 34 heavy (non-hydrogen) atoms. The average molecular weight is 462 g/mol. The van der Waals surface area contributed by atoms with Gasteiger partial charge in [0.15, 0.2) is 5.43 Å². The van der Waals surface area contributed by atoms with E-state index in [1.54, 1.807) is 4.90 Å². The molecule has 0 bridgehead atoms. The zero-order chi connectivity index (χ0) is 24.2. The van der Waals surface area contributed by atoms with E-state index in [1.165, 1.54) is 51.2 Å². The second-order valence-corrected chi connectivity index (χ2v) is 9.40. The van der Waals surface area contributed by atoms with Crippen LogP contribution in [0.2, 0.25) is 0 Å². The zero-order valence-electron chi connectivity index (χ0n) is 20.9. The van der Waals surface area contributed by atoms with Crippen LogP contribution in [0.1, 0.15) is 87.8 Å². The fourth-order valence-corrected chi connectivity index (χ4v) is 4.38. The van der Waals surface area contributed by atoms with Gasteiger partial charge in [0.1, 0.15) is 5.58 Å². The van der Waals surface area contributed by atoms with Gasteiger partial charge in [0, 0.05) is 13.0 Å². The molecule has 3 rings (SSSR count). The Morgan fingerprint density at radius 2 is 1.53 bits per heavy atom. The van der Waals surface area contributed by atoms with E-state index >= 15 is 0 Å². The topological polar surface area (TPSA) is 50.5 Å². The van der Waals surface area contributed by atoms with Crippen molar-refractivity contribution in [2.24, 2.45) is 0 Å². The van der Waals surface area contributed by atoms with Crippen LogP contribution in [0.4, 0.5) is 0 Å². The molecule has 4 heteroatoms. The molecule has 0 saturated carbocycles. The Bertz CT molecular complexity index is 1090. The van der Waals surface area contributed by atoms with Crippen LogP contribution in [-0.4, -0.2) is 10.8 Å². The monoisotopic (exact) mass is 461 g/mol. The van der Waals surface area contributed by atoms with E-state index in [0.717, 1.165) is 24.0 Å². The van der Waals surface area contributed by atoms with Gasteiger partial charge in [0.05, 0.1) is 23.8 Å². The molecule has 0 N–H and O–H groups in total. The highest BCUT2D eigenvalue weighted by Crippen LogP contribution is 2.17. The summed E-state index contributed by atoms with van der Waals surface area (Å²) in [6.45, 7) is 4.95. The summed E-state index contributed by atoms with van der Waals surface area (Å²) in [6, 6.07) is 15.6. The summed E-state index contributed by atoms with van der Waals surface area (Å²) in [4.78, 5) is 28.1. The number of hydrogen-bond donors (Lipinski definition) is 0. The van der Waals surface area contributed by atoms with E-state index in [9.17, 15) is 9.59 Å². The van der Waals surface area contributed by atoms with Crippen LogP contribution >= 0.6 is 0 Å². The van der Waals surface area contributed by atoms with Crippen molar-refractivity contribution in [3.8, 4) is 0 Å². The minimum Gasteiger partial charge on any atom is -0.464 e. The van der Waals surface area contributed by atoms with E-state index < -0.39 is 0 Å². The van der Waals surface area contributed by atoms with Crippen molar-refractivity contribution < 1.29 is 9.21 Å². The number of unbranched alkanes of at least 4 members (excludes halogenated alkanes) is 8. The second kappa shape index (κ2) is 13.7. The number of aryl methyl sites for hydroxylation is 1. The first-order chi connectivity index (χ1) is 16.6. The standard InChI is InChI=1S/C30H39NO3/c1-3-4-5-6-7-8-9-10-14-17-29(32)31(21-25-15-12-11-13-16-25)22-26-23-34-28-19-18-24(2)20-27(28)30(26)33/h11-13,15-16,18-20,23H,3-10,14,17,21-22H2,1-2H3. The van der Waals surface area contributed by atoms with Gasteiger partial charge in [-0.2, -0.15) is 0 Å². The molecule has 0 atom stereocenters. The molecule has 1 heterocycles. The number of carbonyl (C=O) groups excluding carboxylic acids is 1. The number of hydrogen-bond acceptors (Lipinski definition) is 3. The molecule has 3 aromatic rings. The van der Waals surface area contributed by atoms with Gasteiger partial charge in [0.25, 0.3) is 0 Å². The molecule has 0 spiro atoms. The molecule has 1 amide bonds. The van der Waals surface area contributed by atoms with Gasteiger partial charge in [-0.3, -0.25) is 9.59 Å². The van der Waals surface area contributed by atoms with E-state index in [-0.39, 0.29) is 17.9 Å². The molecular weight excluding hydrogens is 422 g/mol. The van der Waals surface area contributed by atoms with Crippen molar-refractivity contribution in [3.63, 3.8) is 0 Å². The van der Waals surface area contributed by atoms with E-state index in [0.29, 0.717) is 29.5 Å². The summed E-state index contributed by atoms with van der Waals surface area (Å²) in [6.07, 6.45) is 13.0. The minimum absolute atomic E-state index is 0.0566. The van der Waals surface area contributed by atoms with Gasteiger partial charge in [0.2, 0.25) is 5.91 Å². The predicted molar refractivity (Wildman–Crippen MR) is 140 cm³/mol. The summed E-state index contributed by atoms with van der Waals surface area (Å²) in [5, 5.41) is 0.573. The predicted octanol–water partition coefficient (Wildman–Crippen LogP) is 7.55. The van der Waals surface area contributed by atoms with Gasteiger partial charge >= 0.3 is 0 Å². The van der Waals surface area contributed by atoms with Crippen molar-refractivity contribution in [3.05, 3.63) is 81.7 Å². The lowest BCUT2D eigenvalue weighted by molar-refractivity contribution is -0.132. The minimum atomic E-state index is -0.0566. The van der Waals surface area contributed by atoms with Crippen LogP contribution in [-0.2, 0) is 17.9 Å². The zero-order valence-corrected chi connectivity index (χ0v) is 20.9. The molecule has 0 unspecified atom stereocenters. The fourth-order valence-electron chi connectivity index (χ4n) is 4.38. The first-order valence-corrected chi connectivity index (χ1v) is 12.9. The van der Waals surface area contributed by atoms with Crippen molar-refractivity contribution >= 4 is 16.9 Å². The number of rotatable bonds is 14. The van der Waals surface area contributed by atoms with Crippen LogP contribution in [0.5, 0.6) is 0 Å². The molecule has 1 aromatic heterocycles. The molecular formula is C30H39NO3. The maximum atomic E-state index is 13.2. The number of amides is 1. The lowest BCUT2D eigenvalue weighted by atomic mass is 10.1. The van der Waals surface area contributed by atoms with Crippen LogP contribution < -0.4 is 5.43 Å². The number of nitrogens with zero attached hydrogens (tertiary/aromatic N) is 1. The van der Waals surface area contributed by atoms with Crippen LogP contribution in [0.15, 0.2) is 64.0 Å². The Labute approximate surface area is 204 Å². The maximum absolute atomic E-state index is 13.2. The van der Waals surface area contributed by atoms with Crippen molar-refractivity contribution in [1.29, 1.82) is 0 Å². The Morgan fingerprint density at radius 3 is 2.24 bits per heavy atom. The molecule has 182 valence electrons. The summed E-state index contributed by atoms with van der Waals surface area (Å²) < 4.78 is 5.73. The smallest absolute Gasteiger partial charge is 0.223 e. The van der Waals surface area contributed by atoms with Gasteiger partial charge in [-0.05, 0) is 31.0 Å². The normalized spacial score (nSPS) is 11.1. The number of fused-ring (bicyclic) bond motifs is 1. The lowest BCUT2D eigenvalue weighted by Gasteiger charge is -2.23. The Balaban J connectivity index is 1.61. The highest BCUT2D eigenvalue weighted by atomic mass is 16.3. The average Bonchev–Trinajstić information content (AvgIpc) is 2.85. The fraction of sp³-hybridized carbons (Fsp3) is 0.467. The maximum Gasteiger partial charge on any atom is 0.223 e. The second-order valence-electron chi connectivity index (χ2n) is 9.40. The molecule has 0 aliphatic carbocycles. The Kier molecular flexibility index (Phi) is 10.4. The Morgan fingerprint density at radius 1 is 0.853 bits per heavy atom. The van der Waals surface area contributed by atoms with Gasteiger partial charge in [-0.25, -0.2) is 0 Å². The van der Waals surface area contributed by atoms with Gasteiger partial charge < -0.3 is 9.32 Å². The molecule has 2 aromatic carbocycles.